The summed E-state index contributed by atoms with van der Waals surface area (Å²) in [7, 11) is 1.53. The fourth-order valence-electron chi connectivity index (χ4n) is 3.08. The SMILES string of the molecule is COCn1c(C(C)C)nc2sc3c(c2c1=O)C(C(=O)O)CC3. The molecule has 1 N–H and O–H groups in total. The first-order valence-corrected chi connectivity index (χ1v) is 8.05. The third-order valence-corrected chi connectivity index (χ3v) is 5.20. The summed E-state index contributed by atoms with van der Waals surface area (Å²) in [5.74, 6) is -0.714. The molecule has 0 fully saturated rings. The molecule has 1 aliphatic rings. The molecular formula is C15H18N2O4S. The van der Waals surface area contributed by atoms with E-state index in [0.717, 1.165) is 4.88 Å². The Kier molecular flexibility index (Phi) is 3.78. The molecule has 22 heavy (non-hydrogen) atoms. The van der Waals surface area contributed by atoms with Gasteiger partial charge in [-0.25, -0.2) is 4.98 Å². The predicted octanol–water partition coefficient (Wildman–Crippen LogP) is 2.30. The summed E-state index contributed by atoms with van der Waals surface area (Å²) < 4.78 is 6.64. The Hall–Kier alpha value is -1.73. The van der Waals surface area contributed by atoms with Crippen LogP contribution in [0.5, 0.6) is 0 Å². The van der Waals surface area contributed by atoms with E-state index >= 15 is 0 Å². The Bertz CT molecular complexity index is 806. The molecule has 0 radical (unpaired) electrons. The molecule has 0 aliphatic heterocycles. The number of rotatable bonds is 4. The van der Waals surface area contributed by atoms with Gasteiger partial charge in [0, 0.05) is 17.9 Å². The summed E-state index contributed by atoms with van der Waals surface area (Å²) in [5, 5.41) is 9.86. The van der Waals surface area contributed by atoms with Crippen molar-refractivity contribution in [2.24, 2.45) is 0 Å². The molecule has 2 aromatic rings. The number of nitrogens with zero attached hydrogens (tertiary/aromatic N) is 2. The van der Waals surface area contributed by atoms with Gasteiger partial charge in [0.05, 0.1) is 11.3 Å². The van der Waals surface area contributed by atoms with Crippen LogP contribution in [0.15, 0.2) is 4.79 Å². The van der Waals surface area contributed by atoms with Gasteiger partial charge in [0.2, 0.25) is 0 Å². The van der Waals surface area contributed by atoms with Crippen LogP contribution in [-0.2, 0) is 22.7 Å². The topological polar surface area (TPSA) is 81.4 Å². The minimum Gasteiger partial charge on any atom is -0.481 e. The Morgan fingerprint density at radius 2 is 2.27 bits per heavy atom. The minimum absolute atomic E-state index is 0.0828. The van der Waals surface area contributed by atoms with Crippen molar-refractivity contribution in [2.75, 3.05) is 7.11 Å². The largest absolute Gasteiger partial charge is 0.481 e. The summed E-state index contributed by atoms with van der Waals surface area (Å²) in [6.07, 6.45) is 1.26. The highest BCUT2D eigenvalue weighted by Crippen LogP contribution is 2.42. The van der Waals surface area contributed by atoms with Crippen molar-refractivity contribution in [3.05, 3.63) is 26.6 Å². The molecule has 7 heteroatoms. The number of carbonyl (C=O) groups is 1. The number of methoxy groups -OCH3 is 1. The van der Waals surface area contributed by atoms with Crippen LogP contribution in [0.4, 0.5) is 0 Å². The van der Waals surface area contributed by atoms with Crippen molar-refractivity contribution >= 4 is 27.5 Å². The molecule has 1 unspecified atom stereocenters. The van der Waals surface area contributed by atoms with Crippen molar-refractivity contribution in [3.63, 3.8) is 0 Å². The second-order valence-electron chi connectivity index (χ2n) is 5.82. The Labute approximate surface area is 131 Å². The van der Waals surface area contributed by atoms with Crippen LogP contribution in [0.3, 0.4) is 0 Å². The van der Waals surface area contributed by atoms with E-state index in [1.54, 1.807) is 0 Å². The Morgan fingerprint density at radius 3 is 2.86 bits per heavy atom. The number of aliphatic carboxylic acids is 1. The molecule has 0 aromatic carbocycles. The number of aryl methyl sites for hydroxylation is 1. The highest BCUT2D eigenvalue weighted by Gasteiger charge is 2.34. The van der Waals surface area contributed by atoms with Gasteiger partial charge in [0.25, 0.3) is 5.56 Å². The first-order valence-electron chi connectivity index (χ1n) is 7.23. The van der Waals surface area contributed by atoms with Crippen LogP contribution in [0.25, 0.3) is 10.2 Å². The van der Waals surface area contributed by atoms with E-state index in [2.05, 4.69) is 4.98 Å². The van der Waals surface area contributed by atoms with Crippen LogP contribution in [0, 0.1) is 0 Å². The molecule has 118 valence electrons. The van der Waals surface area contributed by atoms with Crippen molar-refractivity contribution < 1.29 is 14.6 Å². The second-order valence-corrected chi connectivity index (χ2v) is 6.91. The maximum Gasteiger partial charge on any atom is 0.311 e. The van der Waals surface area contributed by atoms with Gasteiger partial charge in [0.15, 0.2) is 0 Å². The van der Waals surface area contributed by atoms with E-state index in [0.29, 0.717) is 34.4 Å². The summed E-state index contributed by atoms with van der Waals surface area (Å²) in [6.45, 7) is 4.07. The van der Waals surface area contributed by atoms with E-state index in [-0.39, 0.29) is 18.2 Å². The monoisotopic (exact) mass is 322 g/mol. The summed E-state index contributed by atoms with van der Waals surface area (Å²) in [4.78, 5) is 30.6. The van der Waals surface area contributed by atoms with E-state index in [9.17, 15) is 14.7 Å². The molecule has 0 saturated carbocycles. The van der Waals surface area contributed by atoms with Gasteiger partial charge in [-0.15, -0.1) is 11.3 Å². The van der Waals surface area contributed by atoms with Gasteiger partial charge < -0.3 is 9.84 Å². The predicted molar refractivity (Wildman–Crippen MR) is 83.7 cm³/mol. The number of hydrogen-bond donors (Lipinski definition) is 1. The third kappa shape index (κ3) is 2.16. The normalized spacial score (nSPS) is 17.4. The van der Waals surface area contributed by atoms with Gasteiger partial charge in [-0.1, -0.05) is 13.8 Å². The van der Waals surface area contributed by atoms with Crippen LogP contribution >= 0.6 is 11.3 Å². The zero-order chi connectivity index (χ0) is 16.0. The van der Waals surface area contributed by atoms with Gasteiger partial charge >= 0.3 is 5.97 Å². The van der Waals surface area contributed by atoms with Gasteiger partial charge in [-0.05, 0) is 18.4 Å². The first-order chi connectivity index (χ1) is 10.5. The van der Waals surface area contributed by atoms with Crippen LogP contribution in [0.2, 0.25) is 0 Å². The van der Waals surface area contributed by atoms with Crippen molar-refractivity contribution in [1.82, 2.24) is 9.55 Å². The fraction of sp³-hybridized carbons (Fsp3) is 0.533. The number of fused-ring (bicyclic) bond motifs is 3. The number of ether oxygens (including phenoxy) is 1. The molecule has 6 nitrogen and oxygen atoms in total. The zero-order valence-corrected chi connectivity index (χ0v) is 13.6. The van der Waals surface area contributed by atoms with Gasteiger partial charge in [-0.3, -0.25) is 14.2 Å². The van der Waals surface area contributed by atoms with Crippen LogP contribution in [-0.4, -0.2) is 27.7 Å². The third-order valence-electron chi connectivity index (χ3n) is 4.04. The summed E-state index contributed by atoms with van der Waals surface area (Å²) >= 11 is 1.45. The van der Waals surface area contributed by atoms with E-state index in [4.69, 9.17) is 4.74 Å². The van der Waals surface area contributed by atoms with E-state index in [1.807, 2.05) is 13.8 Å². The lowest BCUT2D eigenvalue weighted by atomic mass is 10.0. The fourth-order valence-corrected chi connectivity index (χ4v) is 4.33. The molecule has 0 spiro atoms. The molecule has 2 heterocycles. The lowest BCUT2D eigenvalue weighted by Crippen LogP contribution is -2.27. The highest BCUT2D eigenvalue weighted by atomic mass is 32.1. The molecule has 1 atom stereocenters. The second kappa shape index (κ2) is 5.48. The molecular weight excluding hydrogens is 304 g/mol. The van der Waals surface area contributed by atoms with Crippen LogP contribution in [0.1, 0.15) is 48.4 Å². The molecule has 3 rings (SSSR count). The number of hydrogen-bond acceptors (Lipinski definition) is 5. The average molecular weight is 322 g/mol. The lowest BCUT2D eigenvalue weighted by molar-refractivity contribution is -0.138. The van der Waals surface area contributed by atoms with Crippen molar-refractivity contribution in [1.29, 1.82) is 0 Å². The van der Waals surface area contributed by atoms with E-state index in [1.165, 1.54) is 23.0 Å². The Morgan fingerprint density at radius 1 is 1.55 bits per heavy atom. The molecule has 0 bridgehead atoms. The maximum absolute atomic E-state index is 12.9. The lowest BCUT2D eigenvalue weighted by Gasteiger charge is -2.14. The minimum atomic E-state index is -0.871. The molecule has 2 aromatic heterocycles. The molecule has 0 saturated heterocycles. The maximum atomic E-state index is 12.9. The standard InChI is InChI=1S/C15H18N2O4S/c1-7(2)12-16-13-11(14(18)17(12)6-21-3)10-8(15(19)20)4-5-9(10)22-13/h7-8H,4-6H2,1-3H3,(H,19,20). The number of aromatic nitrogens is 2. The quantitative estimate of drug-likeness (QED) is 0.934. The van der Waals surface area contributed by atoms with Crippen molar-refractivity contribution in [2.45, 2.75) is 45.3 Å². The number of carboxylic acids is 1. The van der Waals surface area contributed by atoms with E-state index < -0.39 is 11.9 Å². The van der Waals surface area contributed by atoms with Gasteiger partial charge in [-0.2, -0.15) is 0 Å². The average Bonchev–Trinajstić information content (AvgIpc) is 2.99. The number of carboxylic acid groups (broad SMARTS) is 1. The highest BCUT2D eigenvalue weighted by molar-refractivity contribution is 7.18. The number of thiophene rings is 1. The molecule has 0 amide bonds. The first kappa shape index (κ1) is 15.2. The smallest absolute Gasteiger partial charge is 0.311 e. The summed E-state index contributed by atoms with van der Waals surface area (Å²) in [6, 6.07) is 0. The van der Waals surface area contributed by atoms with Gasteiger partial charge in [0.1, 0.15) is 17.4 Å². The Balaban J connectivity index is 2.34. The van der Waals surface area contributed by atoms with Crippen LogP contribution < -0.4 is 5.56 Å². The zero-order valence-electron chi connectivity index (χ0n) is 12.8. The van der Waals surface area contributed by atoms with Crippen molar-refractivity contribution in [3.8, 4) is 0 Å². The summed E-state index contributed by atoms with van der Waals surface area (Å²) in [5.41, 5.74) is 0.478. The molecule has 1 aliphatic carbocycles.